The van der Waals surface area contributed by atoms with E-state index in [9.17, 15) is 14.4 Å². The molecule has 2 rings (SSSR count). The topological polar surface area (TPSA) is 71.4 Å². The molecule has 17 heavy (non-hydrogen) atoms. The zero-order valence-corrected chi connectivity index (χ0v) is 9.49. The van der Waals surface area contributed by atoms with Crippen molar-refractivity contribution in [2.45, 2.75) is 6.42 Å². The van der Waals surface area contributed by atoms with E-state index in [1.165, 1.54) is 11.3 Å². The summed E-state index contributed by atoms with van der Waals surface area (Å²) in [5.41, 5.74) is 0. The molecule has 0 atom stereocenters. The van der Waals surface area contributed by atoms with Crippen LogP contribution >= 0.6 is 11.3 Å². The zero-order chi connectivity index (χ0) is 12.4. The molecule has 1 aromatic carbocycles. The maximum atomic E-state index is 11.7. The van der Waals surface area contributed by atoms with Crippen molar-refractivity contribution in [3.05, 3.63) is 35.2 Å². The number of ketones is 2. The number of hydrogen-bond donors (Lipinski definition) is 1. The molecule has 4 nitrogen and oxygen atoms in total. The number of fused-ring (bicyclic) bond motifs is 1. The molecule has 5 heteroatoms. The summed E-state index contributed by atoms with van der Waals surface area (Å²) in [7, 11) is 0. The molecule has 0 radical (unpaired) electrons. The van der Waals surface area contributed by atoms with E-state index in [0.717, 1.165) is 10.1 Å². The SMILES string of the molecule is O=C(O)C(=O)CC(=O)c1cc2ccccc2s1. The third-order valence-electron chi connectivity index (χ3n) is 2.26. The summed E-state index contributed by atoms with van der Waals surface area (Å²) in [5, 5.41) is 9.34. The third kappa shape index (κ3) is 2.39. The van der Waals surface area contributed by atoms with E-state index in [0.29, 0.717) is 4.88 Å². The van der Waals surface area contributed by atoms with Gasteiger partial charge in [-0.2, -0.15) is 0 Å². The van der Waals surface area contributed by atoms with Gasteiger partial charge in [0.25, 0.3) is 0 Å². The molecule has 1 N–H and O–H groups in total. The smallest absolute Gasteiger partial charge is 0.372 e. The second kappa shape index (κ2) is 4.47. The summed E-state index contributed by atoms with van der Waals surface area (Å²) in [4.78, 5) is 33.3. The highest BCUT2D eigenvalue weighted by Crippen LogP contribution is 2.26. The number of aliphatic carboxylic acids is 1. The molecule has 0 spiro atoms. The third-order valence-corrected chi connectivity index (χ3v) is 3.42. The Labute approximate surface area is 100 Å². The zero-order valence-electron chi connectivity index (χ0n) is 8.67. The number of thiophene rings is 1. The number of rotatable bonds is 4. The molecule has 2 aromatic rings. The molecule has 0 aliphatic rings. The minimum Gasteiger partial charge on any atom is -0.475 e. The van der Waals surface area contributed by atoms with E-state index in [-0.39, 0.29) is 0 Å². The van der Waals surface area contributed by atoms with Gasteiger partial charge in [-0.05, 0) is 17.5 Å². The van der Waals surface area contributed by atoms with Crippen molar-refractivity contribution in [1.82, 2.24) is 0 Å². The van der Waals surface area contributed by atoms with E-state index >= 15 is 0 Å². The van der Waals surface area contributed by atoms with Crippen LogP contribution in [-0.4, -0.2) is 22.6 Å². The fraction of sp³-hybridized carbons (Fsp3) is 0.0833. The first-order chi connectivity index (χ1) is 8.08. The van der Waals surface area contributed by atoms with Crippen LogP contribution in [0.4, 0.5) is 0 Å². The van der Waals surface area contributed by atoms with Crippen molar-refractivity contribution in [2.24, 2.45) is 0 Å². The number of carboxylic acids is 1. The maximum Gasteiger partial charge on any atom is 0.372 e. The Kier molecular flexibility index (Phi) is 3.01. The van der Waals surface area contributed by atoms with Crippen LogP contribution in [0.15, 0.2) is 30.3 Å². The number of Topliss-reactive ketones (excluding diaryl/α,β-unsaturated/α-hetero) is 2. The quantitative estimate of drug-likeness (QED) is 0.511. The summed E-state index contributed by atoms with van der Waals surface area (Å²) in [6.07, 6.45) is -0.581. The van der Waals surface area contributed by atoms with Gasteiger partial charge in [0.15, 0.2) is 5.78 Å². The first-order valence-corrected chi connectivity index (χ1v) is 5.67. The maximum absolute atomic E-state index is 11.7. The van der Waals surface area contributed by atoms with E-state index in [1.807, 2.05) is 24.3 Å². The lowest BCUT2D eigenvalue weighted by molar-refractivity contribution is -0.148. The first kappa shape index (κ1) is 11.5. The van der Waals surface area contributed by atoms with Crippen LogP contribution in [0.5, 0.6) is 0 Å². The van der Waals surface area contributed by atoms with Crippen LogP contribution < -0.4 is 0 Å². The van der Waals surface area contributed by atoms with E-state index < -0.39 is 24.0 Å². The predicted molar refractivity (Wildman–Crippen MR) is 63.4 cm³/mol. The Bertz CT molecular complexity index is 579. The van der Waals surface area contributed by atoms with Gasteiger partial charge in [0.1, 0.15) is 0 Å². The average molecular weight is 248 g/mol. The van der Waals surface area contributed by atoms with Gasteiger partial charge < -0.3 is 5.11 Å². The molecule has 0 bridgehead atoms. The number of benzene rings is 1. The fourth-order valence-corrected chi connectivity index (χ4v) is 2.43. The van der Waals surface area contributed by atoms with Crippen LogP contribution in [0.1, 0.15) is 16.1 Å². The Balaban J connectivity index is 2.25. The van der Waals surface area contributed by atoms with Crippen LogP contribution in [0.3, 0.4) is 0 Å². The number of carbonyl (C=O) groups excluding carboxylic acids is 2. The Morgan fingerprint density at radius 1 is 1.18 bits per heavy atom. The molecule has 86 valence electrons. The Morgan fingerprint density at radius 2 is 1.88 bits per heavy atom. The van der Waals surface area contributed by atoms with Crippen LogP contribution in [0, 0.1) is 0 Å². The van der Waals surface area contributed by atoms with E-state index in [4.69, 9.17) is 5.11 Å². The highest BCUT2D eigenvalue weighted by atomic mass is 32.1. The standard InChI is InChI=1S/C12H8O4S/c13-8(6-9(14)12(15)16)11-5-7-3-1-2-4-10(7)17-11/h1-5H,6H2,(H,15,16). The first-order valence-electron chi connectivity index (χ1n) is 4.86. The number of carbonyl (C=O) groups is 3. The Morgan fingerprint density at radius 3 is 2.53 bits per heavy atom. The van der Waals surface area contributed by atoms with Gasteiger partial charge in [-0.15, -0.1) is 11.3 Å². The van der Waals surface area contributed by atoms with Crippen LogP contribution in [0.2, 0.25) is 0 Å². The molecule has 0 fully saturated rings. The van der Waals surface area contributed by atoms with Crippen molar-refractivity contribution in [1.29, 1.82) is 0 Å². The molecule has 0 aliphatic carbocycles. The van der Waals surface area contributed by atoms with Gasteiger partial charge in [0, 0.05) is 4.70 Å². The van der Waals surface area contributed by atoms with Crippen molar-refractivity contribution in [3.63, 3.8) is 0 Å². The molecule has 0 amide bonds. The number of hydrogen-bond acceptors (Lipinski definition) is 4. The summed E-state index contributed by atoms with van der Waals surface area (Å²) in [6, 6.07) is 9.12. The van der Waals surface area contributed by atoms with Gasteiger partial charge in [0.05, 0.1) is 11.3 Å². The molecular weight excluding hydrogens is 240 g/mol. The van der Waals surface area contributed by atoms with Crippen LogP contribution in [0.25, 0.3) is 10.1 Å². The monoisotopic (exact) mass is 248 g/mol. The second-order valence-electron chi connectivity index (χ2n) is 3.48. The second-order valence-corrected chi connectivity index (χ2v) is 4.56. The van der Waals surface area contributed by atoms with Crippen molar-refractivity contribution in [2.75, 3.05) is 0 Å². The van der Waals surface area contributed by atoms with E-state index in [1.54, 1.807) is 6.07 Å². The fourth-order valence-electron chi connectivity index (χ4n) is 1.43. The van der Waals surface area contributed by atoms with Gasteiger partial charge in [-0.3, -0.25) is 9.59 Å². The van der Waals surface area contributed by atoms with Crippen LogP contribution in [-0.2, 0) is 9.59 Å². The normalized spacial score (nSPS) is 10.4. The molecule has 1 heterocycles. The van der Waals surface area contributed by atoms with Gasteiger partial charge in [-0.1, -0.05) is 18.2 Å². The molecule has 1 aromatic heterocycles. The summed E-state index contributed by atoms with van der Waals surface area (Å²) in [5.74, 6) is -3.09. The van der Waals surface area contributed by atoms with Crippen molar-refractivity contribution < 1.29 is 19.5 Å². The summed E-state index contributed by atoms with van der Waals surface area (Å²) < 4.78 is 0.943. The van der Waals surface area contributed by atoms with E-state index in [2.05, 4.69) is 0 Å². The highest BCUT2D eigenvalue weighted by molar-refractivity contribution is 7.20. The van der Waals surface area contributed by atoms with Gasteiger partial charge in [0.2, 0.25) is 5.78 Å². The van der Waals surface area contributed by atoms with Gasteiger partial charge in [-0.25, -0.2) is 4.79 Å². The Hall–Kier alpha value is -2.01. The predicted octanol–water partition coefficient (Wildman–Crippen LogP) is 2.13. The lowest BCUT2D eigenvalue weighted by atomic mass is 10.1. The minimum atomic E-state index is -1.57. The largest absolute Gasteiger partial charge is 0.475 e. The highest BCUT2D eigenvalue weighted by Gasteiger charge is 2.19. The lowest BCUT2D eigenvalue weighted by Gasteiger charge is -1.92. The molecule has 0 saturated carbocycles. The average Bonchev–Trinajstić information content (AvgIpc) is 2.72. The van der Waals surface area contributed by atoms with Crippen molar-refractivity contribution in [3.8, 4) is 0 Å². The summed E-state index contributed by atoms with van der Waals surface area (Å²) >= 11 is 1.26. The molecule has 0 unspecified atom stereocenters. The summed E-state index contributed by atoms with van der Waals surface area (Å²) in [6.45, 7) is 0. The lowest BCUT2D eigenvalue weighted by Crippen LogP contribution is -2.16. The minimum absolute atomic E-state index is 0.417. The van der Waals surface area contributed by atoms with Gasteiger partial charge >= 0.3 is 5.97 Å². The molecule has 0 aliphatic heterocycles. The number of carboxylic acid groups (broad SMARTS) is 1. The van der Waals surface area contributed by atoms with Crippen molar-refractivity contribution >= 4 is 39.0 Å². The molecular formula is C12H8O4S. The molecule has 0 saturated heterocycles.